The van der Waals surface area contributed by atoms with Crippen LogP contribution in [0.5, 0.6) is 0 Å². The highest BCUT2D eigenvalue weighted by atomic mass is 19.1. The van der Waals surface area contributed by atoms with Gasteiger partial charge in [-0.1, -0.05) is 38.1 Å². The molecule has 28 heavy (non-hydrogen) atoms. The van der Waals surface area contributed by atoms with E-state index in [1.807, 2.05) is 39.0 Å². The molecule has 3 rings (SSSR count). The van der Waals surface area contributed by atoms with Crippen LogP contribution in [0, 0.1) is 18.6 Å². The number of rotatable bonds is 5. The first kappa shape index (κ1) is 19.4. The first-order valence-electron chi connectivity index (χ1n) is 8.81. The number of carbonyl (C=O) groups excluding carboxylic acids is 1. The van der Waals surface area contributed by atoms with Gasteiger partial charge in [0.2, 0.25) is 5.95 Å². The normalized spacial score (nSPS) is 10.8. The van der Waals surface area contributed by atoms with Crippen molar-refractivity contribution in [1.82, 2.24) is 9.97 Å². The topological polar surface area (TPSA) is 66.9 Å². The van der Waals surface area contributed by atoms with Gasteiger partial charge < -0.3 is 10.6 Å². The molecular formula is C21H20F2N4O. The van der Waals surface area contributed by atoms with Crippen LogP contribution in [0.4, 0.5) is 26.1 Å². The average molecular weight is 382 g/mol. The number of hydrogen-bond donors (Lipinski definition) is 2. The van der Waals surface area contributed by atoms with Gasteiger partial charge in [-0.05, 0) is 42.2 Å². The molecule has 7 heteroatoms. The van der Waals surface area contributed by atoms with E-state index in [-0.39, 0.29) is 23.2 Å². The van der Waals surface area contributed by atoms with Gasteiger partial charge in [-0.3, -0.25) is 4.79 Å². The standard InChI is InChI=1S/C21H20F2N4O/c1-12(2)14-7-4-6-13(3)18(14)26-20(28)17-10-11-24-21(25-17)27-19-15(22)8-5-9-16(19)23/h4-12H,1-3H3,(H,26,28)(H,24,25,27). The molecule has 0 unspecified atom stereocenters. The predicted octanol–water partition coefficient (Wildman–Crippen LogP) is 5.18. The highest BCUT2D eigenvalue weighted by Crippen LogP contribution is 2.28. The highest BCUT2D eigenvalue weighted by molar-refractivity contribution is 6.04. The van der Waals surface area contributed by atoms with Gasteiger partial charge in [0.1, 0.15) is 23.0 Å². The van der Waals surface area contributed by atoms with Crippen molar-refractivity contribution in [1.29, 1.82) is 0 Å². The fraction of sp³-hybridized carbons (Fsp3) is 0.190. The number of nitrogens with zero attached hydrogens (tertiary/aromatic N) is 2. The third kappa shape index (κ3) is 4.14. The van der Waals surface area contributed by atoms with Gasteiger partial charge >= 0.3 is 0 Å². The van der Waals surface area contributed by atoms with Crippen LogP contribution < -0.4 is 10.6 Å². The van der Waals surface area contributed by atoms with E-state index in [2.05, 4.69) is 20.6 Å². The van der Waals surface area contributed by atoms with Gasteiger partial charge in [0.05, 0.1) is 0 Å². The van der Waals surface area contributed by atoms with Crippen molar-refractivity contribution >= 4 is 23.2 Å². The minimum atomic E-state index is -0.778. The van der Waals surface area contributed by atoms with E-state index in [0.29, 0.717) is 0 Å². The minimum Gasteiger partial charge on any atom is -0.320 e. The summed E-state index contributed by atoms with van der Waals surface area (Å²) in [6.07, 6.45) is 1.35. The van der Waals surface area contributed by atoms with Gasteiger partial charge in [-0.15, -0.1) is 0 Å². The first-order chi connectivity index (χ1) is 13.4. The summed E-state index contributed by atoms with van der Waals surface area (Å²) in [5, 5.41) is 5.37. The number of anilines is 3. The SMILES string of the molecule is Cc1cccc(C(C)C)c1NC(=O)c1ccnc(Nc2c(F)cccc2F)n1. The Labute approximate surface area is 161 Å². The smallest absolute Gasteiger partial charge is 0.274 e. The van der Waals surface area contributed by atoms with E-state index >= 15 is 0 Å². The molecule has 2 N–H and O–H groups in total. The molecule has 1 aromatic heterocycles. The Morgan fingerprint density at radius 1 is 1.00 bits per heavy atom. The number of para-hydroxylation sites is 2. The van der Waals surface area contributed by atoms with Crippen molar-refractivity contribution in [2.75, 3.05) is 10.6 Å². The van der Waals surface area contributed by atoms with Gasteiger partial charge in [0, 0.05) is 11.9 Å². The number of hydrogen-bond acceptors (Lipinski definition) is 4. The molecule has 0 bridgehead atoms. The summed E-state index contributed by atoms with van der Waals surface area (Å²) in [5.41, 5.74) is 2.37. The number of carbonyl (C=O) groups is 1. The maximum Gasteiger partial charge on any atom is 0.274 e. The van der Waals surface area contributed by atoms with Crippen molar-refractivity contribution in [3.63, 3.8) is 0 Å². The molecule has 144 valence electrons. The molecule has 0 atom stereocenters. The van der Waals surface area contributed by atoms with Gasteiger partial charge in [0.15, 0.2) is 0 Å². The Kier molecular flexibility index (Phi) is 5.63. The molecule has 1 amide bonds. The molecule has 0 saturated carbocycles. The summed E-state index contributed by atoms with van der Waals surface area (Å²) in [7, 11) is 0. The van der Waals surface area contributed by atoms with Crippen LogP contribution in [-0.4, -0.2) is 15.9 Å². The van der Waals surface area contributed by atoms with Crippen LogP contribution in [0.3, 0.4) is 0 Å². The van der Waals surface area contributed by atoms with Gasteiger partial charge in [-0.2, -0.15) is 0 Å². The quantitative estimate of drug-likeness (QED) is 0.638. The summed E-state index contributed by atoms with van der Waals surface area (Å²) in [4.78, 5) is 20.7. The lowest BCUT2D eigenvalue weighted by atomic mass is 9.98. The van der Waals surface area contributed by atoms with Crippen LogP contribution in [-0.2, 0) is 0 Å². The van der Waals surface area contributed by atoms with Crippen LogP contribution in [0.15, 0.2) is 48.7 Å². The summed E-state index contributed by atoms with van der Waals surface area (Å²) in [6.45, 7) is 6.00. The highest BCUT2D eigenvalue weighted by Gasteiger charge is 2.16. The largest absolute Gasteiger partial charge is 0.320 e. The molecule has 0 aliphatic heterocycles. The van der Waals surface area contributed by atoms with Crippen molar-refractivity contribution in [3.8, 4) is 0 Å². The summed E-state index contributed by atoms with van der Waals surface area (Å²) >= 11 is 0. The van der Waals surface area contributed by atoms with Crippen molar-refractivity contribution < 1.29 is 13.6 Å². The Balaban J connectivity index is 1.86. The number of aromatic nitrogens is 2. The lowest BCUT2D eigenvalue weighted by Gasteiger charge is -2.16. The van der Waals surface area contributed by atoms with E-state index in [9.17, 15) is 13.6 Å². The second kappa shape index (κ2) is 8.12. The number of aryl methyl sites for hydroxylation is 1. The fourth-order valence-corrected chi connectivity index (χ4v) is 2.79. The number of halogens is 2. The molecule has 2 aromatic carbocycles. The molecule has 0 spiro atoms. The average Bonchev–Trinajstić information content (AvgIpc) is 2.66. The Morgan fingerprint density at radius 2 is 1.68 bits per heavy atom. The third-order valence-electron chi connectivity index (χ3n) is 4.25. The molecule has 0 radical (unpaired) electrons. The maximum absolute atomic E-state index is 13.8. The zero-order valence-electron chi connectivity index (χ0n) is 15.8. The summed E-state index contributed by atoms with van der Waals surface area (Å²) < 4.78 is 27.6. The fourth-order valence-electron chi connectivity index (χ4n) is 2.79. The Morgan fingerprint density at radius 3 is 2.36 bits per heavy atom. The minimum absolute atomic E-state index is 0.0761. The van der Waals surface area contributed by atoms with E-state index in [0.717, 1.165) is 28.9 Å². The Bertz CT molecular complexity index is 1000. The monoisotopic (exact) mass is 382 g/mol. The molecule has 3 aromatic rings. The van der Waals surface area contributed by atoms with Gasteiger partial charge in [-0.25, -0.2) is 18.7 Å². The van der Waals surface area contributed by atoms with Crippen molar-refractivity contribution in [2.24, 2.45) is 0 Å². The summed E-state index contributed by atoms with van der Waals surface area (Å²) in [6, 6.07) is 10.7. The molecule has 5 nitrogen and oxygen atoms in total. The van der Waals surface area contributed by atoms with Crippen LogP contribution in [0.2, 0.25) is 0 Å². The first-order valence-corrected chi connectivity index (χ1v) is 8.81. The molecular weight excluding hydrogens is 362 g/mol. The molecule has 0 aliphatic rings. The lowest BCUT2D eigenvalue weighted by molar-refractivity contribution is 0.102. The second-order valence-electron chi connectivity index (χ2n) is 6.64. The van der Waals surface area contributed by atoms with E-state index in [1.54, 1.807) is 0 Å². The van der Waals surface area contributed by atoms with Crippen molar-refractivity contribution in [3.05, 3.63) is 77.1 Å². The van der Waals surface area contributed by atoms with Gasteiger partial charge in [0.25, 0.3) is 5.91 Å². The molecule has 0 aliphatic carbocycles. The van der Waals surface area contributed by atoms with Crippen LogP contribution >= 0.6 is 0 Å². The molecule has 0 fully saturated rings. The lowest BCUT2D eigenvalue weighted by Crippen LogP contribution is -2.17. The summed E-state index contributed by atoms with van der Waals surface area (Å²) in [5.74, 6) is -1.84. The predicted molar refractivity (Wildman–Crippen MR) is 105 cm³/mol. The van der Waals surface area contributed by atoms with E-state index < -0.39 is 17.5 Å². The second-order valence-corrected chi connectivity index (χ2v) is 6.64. The molecule has 1 heterocycles. The van der Waals surface area contributed by atoms with E-state index in [1.165, 1.54) is 18.3 Å². The Hall–Kier alpha value is -3.35. The number of amides is 1. The zero-order chi connectivity index (χ0) is 20.3. The van der Waals surface area contributed by atoms with Crippen molar-refractivity contribution in [2.45, 2.75) is 26.7 Å². The number of nitrogens with one attached hydrogen (secondary N) is 2. The maximum atomic E-state index is 13.8. The van der Waals surface area contributed by atoms with E-state index in [4.69, 9.17) is 0 Å². The zero-order valence-corrected chi connectivity index (χ0v) is 15.8. The third-order valence-corrected chi connectivity index (χ3v) is 4.25. The van der Waals surface area contributed by atoms with Crippen LogP contribution in [0.25, 0.3) is 0 Å². The number of benzene rings is 2. The molecule has 0 saturated heterocycles. The van der Waals surface area contributed by atoms with Crippen LogP contribution in [0.1, 0.15) is 41.4 Å².